The number of nitrogen functional groups attached to an aromatic ring is 1. The van der Waals surface area contributed by atoms with Gasteiger partial charge in [0.2, 0.25) is 5.89 Å². The van der Waals surface area contributed by atoms with Crippen molar-refractivity contribution in [2.75, 3.05) is 5.73 Å². The van der Waals surface area contributed by atoms with Crippen LogP contribution < -0.4 is 5.73 Å². The lowest BCUT2D eigenvalue weighted by molar-refractivity contribution is 0.574. The molecule has 0 saturated carbocycles. The van der Waals surface area contributed by atoms with Gasteiger partial charge in [-0.1, -0.05) is 12.1 Å². The Labute approximate surface area is 97.3 Å². The van der Waals surface area contributed by atoms with Crippen molar-refractivity contribution in [2.24, 2.45) is 0 Å². The average molecular weight is 226 g/mol. The normalized spacial score (nSPS) is 10.6. The van der Waals surface area contributed by atoms with Crippen LogP contribution in [0.2, 0.25) is 0 Å². The zero-order valence-corrected chi connectivity index (χ0v) is 8.92. The van der Waals surface area contributed by atoms with Gasteiger partial charge in [-0.3, -0.25) is 5.10 Å². The van der Waals surface area contributed by atoms with E-state index in [1.54, 1.807) is 18.5 Å². The lowest BCUT2D eigenvalue weighted by Crippen LogP contribution is -1.81. The molecule has 0 fully saturated rings. The molecule has 5 nitrogen and oxygen atoms in total. The van der Waals surface area contributed by atoms with E-state index in [1.165, 1.54) is 0 Å². The van der Waals surface area contributed by atoms with Crippen LogP contribution in [-0.2, 0) is 0 Å². The number of benzene rings is 1. The fourth-order valence-corrected chi connectivity index (χ4v) is 1.67. The molecule has 3 N–H and O–H groups in total. The van der Waals surface area contributed by atoms with Crippen LogP contribution in [0.5, 0.6) is 0 Å². The highest BCUT2D eigenvalue weighted by Gasteiger charge is 2.06. The van der Waals surface area contributed by atoms with Gasteiger partial charge in [0.05, 0.1) is 11.9 Å². The molecule has 2 aromatic heterocycles. The standard InChI is InChI=1S/C12H10N4O/c13-11-7-10(15-16-11)8-2-1-3-9(6-8)12-14-4-5-17-12/h1-7H,(H3,13,15,16). The van der Waals surface area contributed by atoms with Gasteiger partial charge in [0.25, 0.3) is 0 Å². The minimum Gasteiger partial charge on any atom is -0.445 e. The number of rotatable bonds is 2. The molecule has 0 aliphatic rings. The lowest BCUT2D eigenvalue weighted by atomic mass is 10.1. The van der Waals surface area contributed by atoms with Crippen molar-refractivity contribution in [3.8, 4) is 22.7 Å². The molecule has 0 saturated heterocycles. The molecule has 0 radical (unpaired) electrons. The van der Waals surface area contributed by atoms with Crippen LogP contribution in [0.1, 0.15) is 0 Å². The number of anilines is 1. The molecular formula is C12H10N4O. The minimum atomic E-state index is 0.474. The van der Waals surface area contributed by atoms with Gasteiger partial charge in [-0.2, -0.15) is 5.10 Å². The molecule has 3 aromatic rings. The molecule has 0 unspecified atom stereocenters. The summed E-state index contributed by atoms with van der Waals surface area (Å²) >= 11 is 0. The zero-order chi connectivity index (χ0) is 11.7. The SMILES string of the molecule is Nc1cc(-c2cccc(-c3ncco3)c2)[nH]n1. The number of nitrogens with zero attached hydrogens (tertiary/aromatic N) is 2. The second-order valence-corrected chi connectivity index (χ2v) is 3.62. The van der Waals surface area contributed by atoms with Gasteiger partial charge in [-0.15, -0.1) is 0 Å². The first-order valence-electron chi connectivity index (χ1n) is 5.14. The second-order valence-electron chi connectivity index (χ2n) is 3.62. The maximum Gasteiger partial charge on any atom is 0.225 e. The molecule has 3 rings (SSSR count). The molecule has 0 atom stereocenters. The Kier molecular flexibility index (Phi) is 2.15. The number of aromatic nitrogens is 3. The molecular weight excluding hydrogens is 216 g/mol. The van der Waals surface area contributed by atoms with Gasteiger partial charge in [-0.25, -0.2) is 4.98 Å². The van der Waals surface area contributed by atoms with E-state index >= 15 is 0 Å². The fourth-order valence-electron chi connectivity index (χ4n) is 1.67. The summed E-state index contributed by atoms with van der Waals surface area (Å²) < 4.78 is 5.25. The summed E-state index contributed by atoms with van der Waals surface area (Å²) in [6.07, 6.45) is 3.17. The number of nitrogens with two attached hydrogens (primary N) is 1. The molecule has 0 aliphatic carbocycles. The maximum absolute atomic E-state index is 5.58. The van der Waals surface area contributed by atoms with E-state index in [4.69, 9.17) is 10.2 Å². The predicted octanol–water partition coefficient (Wildman–Crippen LogP) is 2.31. The van der Waals surface area contributed by atoms with Crippen molar-refractivity contribution >= 4 is 5.82 Å². The van der Waals surface area contributed by atoms with Crippen LogP contribution in [0.3, 0.4) is 0 Å². The van der Waals surface area contributed by atoms with Crippen LogP contribution in [0.15, 0.2) is 47.2 Å². The third kappa shape index (κ3) is 1.78. The quantitative estimate of drug-likeness (QED) is 0.702. The minimum absolute atomic E-state index is 0.474. The van der Waals surface area contributed by atoms with Gasteiger partial charge < -0.3 is 10.2 Å². The molecule has 0 spiro atoms. The predicted molar refractivity (Wildman–Crippen MR) is 63.9 cm³/mol. The van der Waals surface area contributed by atoms with Gasteiger partial charge in [-0.05, 0) is 12.1 Å². The summed E-state index contributed by atoms with van der Waals surface area (Å²) in [5.74, 6) is 1.07. The Morgan fingerprint density at radius 1 is 1.18 bits per heavy atom. The van der Waals surface area contributed by atoms with E-state index < -0.39 is 0 Å². The second kappa shape index (κ2) is 3.79. The van der Waals surface area contributed by atoms with Crippen LogP contribution in [0, 0.1) is 0 Å². The van der Waals surface area contributed by atoms with Crippen molar-refractivity contribution in [1.29, 1.82) is 0 Å². The van der Waals surface area contributed by atoms with Gasteiger partial charge in [0.15, 0.2) is 0 Å². The molecule has 0 bridgehead atoms. The van der Waals surface area contributed by atoms with E-state index in [0.717, 1.165) is 16.8 Å². The lowest BCUT2D eigenvalue weighted by Gasteiger charge is -1.99. The highest BCUT2D eigenvalue weighted by atomic mass is 16.3. The van der Waals surface area contributed by atoms with Crippen LogP contribution in [-0.4, -0.2) is 15.2 Å². The van der Waals surface area contributed by atoms with Gasteiger partial charge in [0, 0.05) is 17.2 Å². The van der Waals surface area contributed by atoms with E-state index in [-0.39, 0.29) is 0 Å². The monoisotopic (exact) mass is 226 g/mol. The Bertz CT molecular complexity index is 628. The highest BCUT2D eigenvalue weighted by molar-refractivity contribution is 5.68. The highest BCUT2D eigenvalue weighted by Crippen LogP contribution is 2.24. The van der Waals surface area contributed by atoms with Crippen molar-refractivity contribution in [2.45, 2.75) is 0 Å². The number of H-pyrrole nitrogens is 1. The first-order chi connectivity index (χ1) is 8.33. The Hall–Kier alpha value is -2.56. The van der Waals surface area contributed by atoms with E-state index in [2.05, 4.69) is 15.2 Å². The van der Waals surface area contributed by atoms with Crippen LogP contribution in [0.25, 0.3) is 22.7 Å². The topological polar surface area (TPSA) is 80.7 Å². The Morgan fingerprint density at radius 2 is 2.06 bits per heavy atom. The fraction of sp³-hybridized carbons (Fsp3) is 0. The molecule has 17 heavy (non-hydrogen) atoms. The maximum atomic E-state index is 5.58. The molecule has 84 valence electrons. The van der Waals surface area contributed by atoms with E-state index in [1.807, 2.05) is 24.3 Å². The van der Waals surface area contributed by atoms with Crippen LogP contribution >= 0.6 is 0 Å². The van der Waals surface area contributed by atoms with Crippen molar-refractivity contribution in [3.63, 3.8) is 0 Å². The van der Waals surface area contributed by atoms with Gasteiger partial charge in [0.1, 0.15) is 12.1 Å². The van der Waals surface area contributed by atoms with Gasteiger partial charge >= 0.3 is 0 Å². The number of hydrogen-bond acceptors (Lipinski definition) is 4. The molecule has 2 heterocycles. The molecule has 0 amide bonds. The zero-order valence-electron chi connectivity index (χ0n) is 8.92. The van der Waals surface area contributed by atoms with Crippen LogP contribution in [0.4, 0.5) is 5.82 Å². The number of aromatic amines is 1. The molecule has 0 aliphatic heterocycles. The van der Waals surface area contributed by atoms with Crippen molar-refractivity contribution in [1.82, 2.24) is 15.2 Å². The third-order valence-electron chi connectivity index (χ3n) is 2.45. The Balaban J connectivity index is 2.05. The summed E-state index contributed by atoms with van der Waals surface area (Å²) in [5.41, 5.74) is 8.35. The summed E-state index contributed by atoms with van der Waals surface area (Å²) in [6.45, 7) is 0. The summed E-state index contributed by atoms with van der Waals surface area (Å²) in [5, 5.41) is 6.77. The third-order valence-corrected chi connectivity index (χ3v) is 2.45. The van der Waals surface area contributed by atoms with E-state index in [9.17, 15) is 0 Å². The summed E-state index contributed by atoms with van der Waals surface area (Å²) in [7, 11) is 0. The largest absolute Gasteiger partial charge is 0.445 e. The molecule has 5 heteroatoms. The number of nitrogens with one attached hydrogen (secondary N) is 1. The summed E-state index contributed by atoms with van der Waals surface area (Å²) in [4.78, 5) is 4.11. The first-order valence-corrected chi connectivity index (χ1v) is 5.14. The number of hydrogen-bond donors (Lipinski definition) is 2. The van der Waals surface area contributed by atoms with Crippen molar-refractivity contribution < 1.29 is 4.42 Å². The number of oxazole rings is 1. The summed E-state index contributed by atoms with van der Waals surface area (Å²) in [6, 6.07) is 9.60. The average Bonchev–Trinajstić information content (AvgIpc) is 3.00. The molecule has 1 aromatic carbocycles. The smallest absolute Gasteiger partial charge is 0.225 e. The first kappa shape index (κ1) is 9.65. The Morgan fingerprint density at radius 3 is 2.76 bits per heavy atom. The van der Waals surface area contributed by atoms with Crippen molar-refractivity contribution in [3.05, 3.63) is 42.8 Å². The van der Waals surface area contributed by atoms with E-state index in [0.29, 0.717) is 11.7 Å².